The SMILES string of the molecule is Cc1ccc(C(=O)Nc2cc(F)c(F)cc2F)c(O)c1. The van der Waals surface area contributed by atoms with Crippen LogP contribution in [0, 0.1) is 24.4 Å². The fraction of sp³-hybridized carbons (Fsp3) is 0.0714. The summed E-state index contributed by atoms with van der Waals surface area (Å²) in [6.07, 6.45) is 0. The number of rotatable bonds is 2. The number of benzene rings is 2. The van der Waals surface area contributed by atoms with Crippen molar-refractivity contribution < 1.29 is 23.1 Å². The Kier molecular flexibility index (Phi) is 3.65. The predicted molar refractivity (Wildman–Crippen MR) is 67.1 cm³/mol. The van der Waals surface area contributed by atoms with E-state index in [1.807, 2.05) is 0 Å². The van der Waals surface area contributed by atoms with Crippen molar-refractivity contribution in [1.82, 2.24) is 0 Å². The highest BCUT2D eigenvalue weighted by Crippen LogP contribution is 2.22. The van der Waals surface area contributed by atoms with Crippen molar-refractivity contribution in [1.29, 1.82) is 0 Å². The van der Waals surface area contributed by atoms with Crippen LogP contribution in [-0.4, -0.2) is 11.0 Å². The summed E-state index contributed by atoms with van der Waals surface area (Å²) < 4.78 is 39.1. The first-order valence-electron chi connectivity index (χ1n) is 5.64. The van der Waals surface area contributed by atoms with Gasteiger partial charge in [0.15, 0.2) is 11.6 Å². The Bertz CT molecular complexity index is 686. The molecule has 2 aromatic rings. The van der Waals surface area contributed by atoms with E-state index in [0.717, 1.165) is 5.56 Å². The van der Waals surface area contributed by atoms with Crippen LogP contribution in [0.5, 0.6) is 5.75 Å². The predicted octanol–water partition coefficient (Wildman–Crippen LogP) is 3.37. The molecule has 0 unspecified atom stereocenters. The second-order valence-corrected chi connectivity index (χ2v) is 4.22. The molecule has 0 saturated heterocycles. The minimum atomic E-state index is -1.35. The molecule has 3 nitrogen and oxygen atoms in total. The molecule has 0 aliphatic carbocycles. The number of carbonyl (C=O) groups is 1. The first kappa shape index (κ1) is 13.9. The molecule has 0 heterocycles. The monoisotopic (exact) mass is 281 g/mol. The molecule has 6 heteroatoms. The number of phenolic OH excluding ortho intramolecular Hbond substituents is 1. The maximum Gasteiger partial charge on any atom is 0.259 e. The van der Waals surface area contributed by atoms with Gasteiger partial charge in [-0.25, -0.2) is 13.2 Å². The molecule has 2 aromatic carbocycles. The van der Waals surface area contributed by atoms with Crippen molar-refractivity contribution in [2.45, 2.75) is 6.92 Å². The smallest absolute Gasteiger partial charge is 0.259 e. The van der Waals surface area contributed by atoms with Gasteiger partial charge in [0.2, 0.25) is 0 Å². The van der Waals surface area contributed by atoms with Crippen LogP contribution in [0.1, 0.15) is 15.9 Å². The van der Waals surface area contributed by atoms with Crippen molar-refractivity contribution in [2.75, 3.05) is 5.32 Å². The first-order valence-corrected chi connectivity index (χ1v) is 5.64. The molecule has 2 rings (SSSR count). The summed E-state index contributed by atoms with van der Waals surface area (Å²) in [5.74, 6) is -4.85. The van der Waals surface area contributed by atoms with Gasteiger partial charge in [0.25, 0.3) is 5.91 Å². The van der Waals surface area contributed by atoms with Crippen LogP contribution in [0.3, 0.4) is 0 Å². The third-order valence-electron chi connectivity index (χ3n) is 2.66. The van der Waals surface area contributed by atoms with E-state index in [4.69, 9.17) is 0 Å². The molecule has 20 heavy (non-hydrogen) atoms. The lowest BCUT2D eigenvalue weighted by Gasteiger charge is -2.08. The van der Waals surface area contributed by atoms with Crippen LogP contribution in [0.4, 0.5) is 18.9 Å². The van der Waals surface area contributed by atoms with E-state index in [1.54, 1.807) is 13.0 Å². The second kappa shape index (κ2) is 5.24. The van der Waals surface area contributed by atoms with Crippen molar-refractivity contribution in [3.8, 4) is 5.75 Å². The Morgan fingerprint density at radius 3 is 2.35 bits per heavy atom. The van der Waals surface area contributed by atoms with Gasteiger partial charge in [-0.2, -0.15) is 0 Å². The van der Waals surface area contributed by atoms with E-state index in [1.165, 1.54) is 12.1 Å². The summed E-state index contributed by atoms with van der Waals surface area (Å²) >= 11 is 0. The number of phenols is 1. The summed E-state index contributed by atoms with van der Waals surface area (Å²) in [6, 6.07) is 5.15. The van der Waals surface area contributed by atoms with Crippen molar-refractivity contribution in [3.63, 3.8) is 0 Å². The molecule has 2 N–H and O–H groups in total. The number of hydrogen-bond acceptors (Lipinski definition) is 2. The number of aromatic hydroxyl groups is 1. The van der Waals surface area contributed by atoms with Crippen LogP contribution < -0.4 is 5.32 Å². The standard InChI is InChI=1S/C14H10F3NO2/c1-7-2-3-8(13(19)4-7)14(20)18-12-6-10(16)9(15)5-11(12)17/h2-6,19H,1H3,(H,18,20). The molecular weight excluding hydrogens is 271 g/mol. The number of aryl methyl sites for hydroxylation is 1. The fourth-order valence-corrected chi connectivity index (χ4v) is 1.64. The number of carbonyl (C=O) groups excluding carboxylic acids is 1. The van der Waals surface area contributed by atoms with Gasteiger partial charge in [0, 0.05) is 12.1 Å². The van der Waals surface area contributed by atoms with E-state index in [-0.39, 0.29) is 11.3 Å². The summed E-state index contributed by atoms with van der Waals surface area (Å²) in [4.78, 5) is 11.8. The van der Waals surface area contributed by atoms with Crippen LogP contribution in [-0.2, 0) is 0 Å². The second-order valence-electron chi connectivity index (χ2n) is 4.22. The average molecular weight is 281 g/mol. The Hall–Kier alpha value is -2.50. The maximum absolute atomic E-state index is 13.4. The lowest BCUT2D eigenvalue weighted by Crippen LogP contribution is -2.13. The molecule has 0 bridgehead atoms. The number of amides is 1. The van der Waals surface area contributed by atoms with Crippen molar-refractivity contribution in [3.05, 3.63) is 58.9 Å². The van der Waals surface area contributed by atoms with Gasteiger partial charge in [-0.3, -0.25) is 4.79 Å². The minimum Gasteiger partial charge on any atom is -0.507 e. The number of halogens is 3. The molecule has 0 aromatic heterocycles. The maximum atomic E-state index is 13.4. The Morgan fingerprint density at radius 1 is 1.05 bits per heavy atom. The summed E-state index contributed by atoms with van der Waals surface area (Å²) in [7, 11) is 0. The third-order valence-corrected chi connectivity index (χ3v) is 2.66. The highest BCUT2D eigenvalue weighted by atomic mass is 19.2. The van der Waals surface area contributed by atoms with Gasteiger partial charge in [0.05, 0.1) is 11.3 Å². The van der Waals surface area contributed by atoms with Crippen LogP contribution in [0.25, 0.3) is 0 Å². The number of nitrogens with one attached hydrogen (secondary N) is 1. The topological polar surface area (TPSA) is 49.3 Å². The molecule has 0 radical (unpaired) electrons. The van der Waals surface area contributed by atoms with E-state index in [0.29, 0.717) is 12.1 Å². The molecule has 0 aliphatic rings. The Balaban J connectivity index is 2.30. The lowest BCUT2D eigenvalue weighted by atomic mass is 10.1. The van der Waals surface area contributed by atoms with Gasteiger partial charge in [-0.15, -0.1) is 0 Å². The normalized spacial score (nSPS) is 10.4. The number of anilines is 1. The molecule has 1 amide bonds. The van der Waals surface area contributed by atoms with Crippen molar-refractivity contribution >= 4 is 11.6 Å². The van der Waals surface area contributed by atoms with Gasteiger partial charge in [0.1, 0.15) is 11.6 Å². The zero-order valence-electron chi connectivity index (χ0n) is 10.4. The first-order chi connectivity index (χ1) is 9.38. The average Bonchev–Trinajstić information content (AvgIpc) is 2.35. The summed E-state index contributed by atoms with van der Waals surface area (Å²) in [5, 5.41) is 11.7. The molecule has 0 atom stereocenters. The highest BCUT2D eigenvalue weighted by molar-refractivity contribution is 6.06. The zero-order chi connectivity index (χ0) is 14.9. The largest absolute Gasteiger partial charge is 0.507 e. The molecule has 0 fully saturated rings. The molecule has 0 aliphatic heterocycles. The van der Waals surface area contributed by atoms with Gasteiger partial charge < -0.3 is 10.4 Å². The van der Waals surface area contributed by atoms with Crippen LogP contribution >= 0.6 is 0 Å². The minimum absolute atomic E-state index is 0.0975. The lowest BCUT2D eigenvalue weighted by molar-refractivity contribution is 0.102. The zero-order valence-corrected chi connectivity index (χ0v) is 10.4. The Morgan fingerprint density at radius 2 is 1.70 bits per heavy atom. The highest BCUT2D eigenvalue weighted by Gasteiger charge is 2.15. The van der Waals surface area contributed by atoms with E-state index < -0.39 is 29.0 Å². The molecule has 0 spiro atoms. The molecular formula is C14H10F3NO2. The van der Waals surface area contributed by atoms with E-state index >= 15 is 0 Å². The van der Waals surface area contributed by atoms with Crippen LogP contribution in [0.2, 0.25) is 0 Å². The molecule has 104 valence electrons. The summed E-state index contributed by atoms with van der Waals surface area (Å²) in [6.45, 7) is 1.72. The van der Waals surface area contributed by atoms with Crippen LogP contribution in [0.15, 0.2) is 30.3 Å². The van der Waals surface area contributed by atoms with Gasteiger partial charge in [-0.05, 0) is 24.6 Å². The summed E-state index contributed by atoms with van der Waals surface area (Å²) in [5.41, 5.74) is 0.131. The third kappa shape index (κ3) is 2.74. The van der Waals surface area contributed by atoms with Gasteiger partial charge in [-0.1, -0.05) is 6.07 Å². The van der Waals surface area contributed by atoms with Gasteiger partial charge >= 0.3 is 0 Å². The number of hydrogen-bond donors (Lipinski definition) is 2. The van der Waals surface area contributed by atoms with Crippen molar-refractivity contribution in [2.24, 2.45) is 0 Å². The fourth-order valence-electron chi connectivity index (χ4n) is 1.64. The Labute approximate surface area is 112 Å². The quantitative estimate of drug-likeness (QED) is 0.829. The van der Waals surface area contributed by atoms with E-state index in [2.05, 4.69) is 5.32 Å². The van der Waals surface area contributed by atoms with E-state index in [9.17, 15) is 23.1 Å². The molecule has 0 saturated carbocycles.